The third-order valence-electron chi connectivity index (χ3n) is 4.38. The van der Waals surface area contributed by atoms with Crippen LogP contribution in [0.1, 0.15) is 38.7 Å². The molecule has 4 heteroatoms. The molecule has 3 nitrogen and oxygen atoms in total. The Morgan fingerprint density at radius 2 is 2.19 bits per heavy atom. The van der Waals surface area contributed by atoms with E-state index < -0.39 is 0 Å². The van der Waals surface area contributed by atoms with Crippen LogP contribution in [0.15, 0.2) is 22.7 Å². The maximum absolute atomic E-state index is 5.10. The largest absolute Gasteiger partial charge is 0.383 e. The summed E-state index contributed by atoms with van der Waals surface area (Å²) in [5, 5.41) is 3.47. The van der Waals surface area contributed by atoms with Crippen LogP contribution >= 0.6 is 15.9 Å². The van der Waals surface area contributed by atoms with Gasteiger partial charge >= 0.3 is 0 Å². The van der Waals surface area contributed by atoms with Crippen LogP contribution < -0.4 is 10.2 Å². The summed E-state index contributed by atoms with van der Waals surface area (Å²) in [6.07, 6.45) is 3.83. The highest BCUT2D eigenvalue weighted by molar-refractivity contribution is 9.10. The molecule has 0 amide bonds. The number of ether oxygens (including phenoxy) is 1. The Bertz CT molecular complexity index is 452. The van der Waals surface area contributed by atoms with Crippen molar-refractivity contribution in [3.05, 3.63) is 28.2 Å². The van der Waals surface area contributed by atoms with Gasteiger partial charge in [0.2, 0.25) is 0 Å². The third kappa shape index (κ3) is 4.21. The Labute approximate surface area is 137 Å². The quantitative estimate of drug-likeness (QED) is 0.750. The molecule has 1 aromatic carbocycles. The molecule has 1 saturated heterocycles. The van der Waals surface area contributed by atoms with E-state index in [4.69, 9.17) is 4.74 Å². The number of methoxy groups -OCH3 is 1. The van der Waals surface area contributed by atoms with Crippen molar-refractivity contribution in [2.24, 2.45) is 0 Å². The first-order valence-electron chi connectivity index (χ1n) is 7.93. The molecular formula is C17H27BrN2O. The van der Waals surface area contributed by atoms with Gasteiger partial charge in [0.1, 0.15) is 0 Å². The van der Waals surface area contributed by atoms with Gasteiger partial charge in [-0.15, -0.1) is 0 Å². The first kappa shape index (κ1) is 16.8. The molecule has 0 bridgehead atoms. The molecule has 0 aliphatic carbocycles. The summed E-state index contributed by atoms with van der Waals surface area (Å²) in [5.41, 5.74) is 2.76. The Morgan fingerprint density at radius 3 is 2.90 bits per heavy atom. The predicted octanol–water partition coefficient (Wildman–Crippen LogP) is 3.95. The lowest BCUT2D eigenvalue weighted by atomic mass is 10.1. The molecule has 21 heavy (non-hydrogen) atoms. The van der Waals surface area contributed by atoms with E-state index in [2.05, 4.69) is 58.2 Å². The zero-order valence-corrected chi connectivity index (χ0v) is 14.9. The van der Waals surface area contributed by atoms with Gasteiger partial charge in [0.15, 0.2) is 0 Å². The van der Waals surface area contributed by atoms with Crippen LogP contribution in [-0.4, -0.2) is 32.3 Å². The summed E-state index contributed by atoms with van der Waals surface area (Å²) in [5.74, 6) is 0. The molecule has 1 aliphatic heterocycles. The minimum atomic E-state index is 0.633. The van der Waals surface area contributed by atoms with Gasteiger partial charge in [0.05, 0.1) is 6.61 Å². The van der Waals surface area contributed by atoms with E-state index in [0.29, 0.717) is 12.1 Å². The van der Waals surface area contributed by atoms with Gasteiger partial charge in [-0.2, -0.15) is 0 Å². The highest BCUT2D eigenvalue weighted by atomic mass is 79.9. The number of rotatable bonds is 7. The summed E-state index contributed by atoms with van der Waals surface area (Å²) in [6, 6.07) is 7.98. The van der Waals surface area contributed by atoms with Crippen molar-refractivity contribution in [2.75, 3.05) is 25.2 Å². The molecule has 2 unspecified atom stereocenters. The van der Waals surface area contributed by atoms with Gasteiger partial charge in [-0.3, -0.25) is 0 Å². The van der Waals surface area contributed by atoms with Crippen molar-refractivity contribution in [1.29, 1.82) is 0 Å². The molecular weight excluding hydrogens is 328 g/mol. The number of nitrogens with one attached hydrogen (secondary N) is 1. The second-order valence-corrected chi connectivity index (χ2v) is 6.75. The molecule has 1 fully saturated rings. The molecule has 0 radical (unpaired) electrons. The normalized spacial score (nSPS) is 22.0. The lowest BCUT2D eigenvalue weighted by Gasteiger charge is -2.32. The van der Waals surface area contributed by atoms with Crippen molar-refractivity contribution in [3.63, 3.8) is 0 Å². The van der Waals surface area contributed by atoms with Crippen molar-refractivity contribution in [2.45, 2.75) is 51.7 Å². The summed E-state index contributed by atoms with van der Waals surface area (Å²) in [7, 11) is 1.74. The van der Waals surface area contributed by atoms with Crippen LogP contribution in [0.25, 0.3) is 0 Å². The predicted molar refractivity (Wildman–Crippen MR) is 93.0 cm³/mol. The fourth-order valence-electron chi connectivity index (χ4n) is 3.25. The van der Waals surface area contributed by atoms with Crippen molar-refractivity contribution < 1.29 is 4.74 Å². The van der Waals surface area contributed by atoms with Gasteiger partial charge in [-0.05, 0) is 49.9 Å². The fraction of sp³-hybridized carbons (Fsp3) is 0.647. The summed E-state index contributed by atoms with van der Waals surface area (Å²) in [4.78, 5) is 2.62. The van der Waals surface area contributed by atoms with Crippen LogP contribution in [0, 0.1) is 0 Å². The SMILES string of the molecule is CCC1CCC(C)N1c1ccc(Br)cc1CNCCOC. The second kappa shape index (κ2) is 8.16. The fourth-order valence-corrected chi connectivity index (χ4v) is 3.66. The Morgan fingerprint density at radius 1 is 1.38 bits per heavy atom. The van der Waals surface area contributed by atoms with E-state index >= 15 is 0 Å². The highest BCUT2D eigenvalue weighted by Gasteiger charge is 2.30. The summed E-state index contributed by atoms with van der Waals surface area (Å²) < 4.78 is 6.25. The molecule has 1 aliphatic rings. The minimum absolute atomic E-state index is 0.633. The average molecular weight is 355 g/mol. The minimum Gasteiger partial charge on any atom is -0.383 e. The summed E-state index contributed by atoms with van der Waals surface area (Å²) in [6.45, 7) is 7.17. The van der Waals surface area contributed by atoms with Crippen molar-refractivity contribution in [1.82, 2.24) is 5.32 Å². The van der Waals surface area contributed by atoms with E-state index in [9.17, 15) is 0 Å². The monoisotopic (exact) mass is 354 g/mol. The van der Waals surface area contributed by atoms with E-state index in [1.54, 1.807) is 7.11 Å². The zero-order chi connectivity index (χ0) is 15.2. The second-order valence-electron chi connectivity index (χ2n) is 5.84. The number of nitrogens with zero attached hydrogens (tertiary/aromatic N) is 1. The van der Waals surface area contributed by atoms with Gasteiger partial charge in [0.25, 0.3) is 0 Å². The summed E-state index contributed by atoms with van der Waals surface area (Å²) >= 11 is 3.60. The van der Waals surface area contributed by atoms with Crippen molar-refractivity contribution in [3.8, 4) is 0 Å². The Kier molecular flexibility index (Phi) is 6.52. The molecule has 2 atom stereocenters. The lowest BCUT2D eigenvalue weighted by Crippen LogP contribution is -2.35. The lowest BCUT2D eigenvalue weighted by molar-refractivity contribution is 0.199. The first-order valence-corrected chi connectivity index (χ1v) is 8.73. The maximum Gasteiger partial charge on any atom is 0.0587 e. The van der Waals surface area contributed by atoms with Gasteiger partial charge in [0, 0.05) is 42.4 Å². The zero-order valence-electron chi connectivity index (χ0n) is 13.4. The van der Waals surface area contributed by atoms with Gasteiger partial charge in [-0.25, -0.2) is 0 Å². The number of benzene rings is 1. The first-order chi connectivity index (χ1) is 10.2. The molecule has 1 heterocycles. The molecule has 1 N–H and O–H groups in total. The average Bonchev–Trinajstić information content (AvgIpc) is 2.85. The number of hydrogen-bond donors (Lipinski definition) is 1. The van der Waals surface area contributed by atoms with E-state index in [0.717, 1.165) is 24.2 Å². The molecule has 0 spiro atoms. The number of hydrogen-bond acceptors (Lipinski definition) is 3. The molecule has 118 valence electrons. The number of halogens is 1. The van der Waals surface area contributed by atoms with E-state index in [1.165, 1.54) is 30.5 Å². The van der Waals surface area contributed by atoms with E-state index in [1.807, 2.05) is 0 Å². The molecule has 0 saturated carbocycles. The highest BCUT2D eigenvalue weighted by Crippen LogP contribution is 2.35. The Hall–Kier alpha value is -0.580. The Balaban J connectivity index is 2.17. The van der Waals surface area contributed by atoms with E-state index in [-0.39, 0.29) is 0 Å². The topological polar surface area (TPSA) is 24.5 Å². The van der Waals surface area contributed by atoms with Crippen LogP contribution in [0.5, 0.6) is 0 Å². The smallest absolute Gasteiger partial charge is 0.0587 e. The van der Waals surface area contributed by atoms with Gasteiger partial charge < -0.3 is 15.0 Å². The number of anilines is 1. The van der Waals surface area contributed by atoms with Crippen molar-refractivity contribution >= 4 is 21.6 Å². The maximum atomic E-state index is 5.10. The van der Waals surface area contributed by atoms with Gasteiger partial charge in [-0.1, -0.05) is 22.9 Å². The van der Waals surface area contributed by atoms with Crippen LogP contribution in [-0.2, 0) is 11.3 Å². The van der Waals surface area contributed by atoms with Crippen LogP contribution in [0.3, 0.4) is 0 Å². The standard InChI is InChI=1S/C17H27BrN2O/c1-4-16-7-5-13(2)20(16)17-8-6-15(18)11-14(17)12-19-9-10-21-3/h6,8,11,13,16,19H,4-5,7,9-10,12H2,1-3H3. The van der Waals surface area contributed by atoms with Crippen LogP contribution in [0.2, 0.25) is 0 Å². The molecule has 1 aromatic rings. The molecule has 0 aromatic heterocycles. The molecule has 2 rings (SSSR count). The van der Waals surface area contributed by atoms with Crippen LogP contribution in [0.4, 0.5) is 5.69 Å². The third-order valence-corrected chi connectivity index (χ3v) is 4.87.